The van der Waals surface area contributed by atoms with Crippen LogP contribution >= 0.6 is 0 Å². The number of aliphatic hydroxyl groups is 1. The van der Waals surface area contributed by atoms with Crippen molar-refractivity contribution >= 4 is 11.6 Å². The highest BCUT2D eigenvalue weighted by Gasteiger charge is 2.17. The Kier molecular flexibility index (Phi) is 2.25. The number of nitrogens with one attached hydrogen (secondary N) is 2. The zero-order valence-corrected chi connectivity index (χ0v) is 6.05. The van der Waals surface area contributed by atoms with Crippen molar-refractivity contribution in [2.45, 2.75) is 12.8 Å². The van der Waals surface area contributed by atoms with Gasteiger partial charge in [0.15, 0.2) is 0 Å². The van der Waals surface area contributed by atoms with Crippen LogP contribution in [-0.4, -0.2) is 23.3 Å². The average Bonchev–Trinajstić information content (AvgIpc) is 2.12. The first kappa shape index (κ1) is 7.78. The first-order chi connectivity index (χ1) is 5.25. The van der Waals surface area contributed by atoms with Gasteiger partial charge >= 0.3 is 0 Å². The van der Waals surface area contributed by atoms with Gasteiger partial charge in [-0.25, -0.2) is 0 Å². The van der Waals surface area contributed by atoms with E-state index in [1.54, 1.807) is 0 Å². The van der Waals surface area contributed by atoms with Crippen LogP contribution in [0, 0.1) is 5.41 Å². The van der Waals surface area contributed by atoms with Gasteiger partial charge in [0, 0.05) is 12.3 Å². The third kappa shape index (κ3) is 1.58. The van der Waals surface area contributed by atoms with Gasteiger partial charge in [-0.05, 0) is 12.8 Å². The van der Waals surface area contributed by atoms with Crippen LogP contribution in [0.15, 0.2) is 11.8 Å². The van der Waals surface area contributed by atoms with E-state index < -0.39 is 0 Å². The minimum Gasteiger partial charge on any atom is -0.515 e. The molecule has 60 valence electrons. The summed E-state index contributed by atoms with van der Waals surface area (Å²) in [6.45, 7) is 0.582. The normalized spacial score (nSPS) is 23.1. The fourth-order valence-electron chi connectivity index (χ4n) is 0.971. The molecule has 1 heterocycles. The van der Waals surface area contributed by atoms with E-state index in [2.05, 4.69) is 5.32 Å². The second kappa shape index (κ2) is 3.18. The molecule has 0 bridgehead atoms. The maximum atomic E-state index is 11.0. The molecule has 0 aliphatic carbocycles. The summed E-state index contributed by atoms with van der Waals surface area (Å²) < 4.78 is 0. The third-order valence-corrected chi connectivity index (χ3v) is 1.59. The smallest absolute Gasteiger partial charge is 0.256 e. The summed E-state index contributed by atoms with van der Waals surface area (Å²) in [4.78, 5) is 11.0. The van der Waals surface area contributed by atoms with Gasteiger partial charge in [0.2, 0.25) is 0 Å². The van der Waals surface area contributed by atoms with Crippen molar-refractivity contribution in [1.29, 1.82) is 5.41 Å². The molecule has 1 rings (SSSR count). The second-order valence-electron chi connectivity index (χ2n) is 2.38. The zero-order chi connectivity index (χ0) is 8.27. The first-order valence-corrected chi connectivity index (χ1v) is 3.46. The summed E-state index contributed by atoms with van der Waals surface area (Å²) in [6, 6.07) is 0. The standard InChI is InChI=1S/C7H10N2O2/c8-6-2-1-3-9-7(11)5(6)4-10/h4,8,10H,1-3H2,(H,9,11)/b5-4-,8-6?. The van der Waals surface area contributed by atoms with Gasteiger partial charge in [0.05, 0.1) is 11.8 Å². The van der Waals surface area contributed by atoms with Gasteiger partial charge in [-0.3, -0.25) is 4.79 Å². The van der Waals surface area contributed by atoms with E-state index in [4.69, 9.17) is 10.5 Å². The number of hydrogen-bond acceptors (Lipinski definition) is 3. The highest BCUT2D eigenvalue weighted by atomic mass is 16.2. The Bertz CT molecular complexity index is 200. The second-order valence-corrected chi connectivity index (χ2v) is 2.38. The lowest BCUT2D eigenvalue weighted by atomic mass is 10.1. The van der Waals surface area contributed by atoms with E-state index in [1.807, 2.05) is 0 Å². The lowest BCUT2D eigenvalue weighted by Gasteiger charge is -1.99. The summed E-state index contributed by atoms with van der Waals surface area (Å²) in [7, 11) is 0. The topological polar surface area (TPSA) is 73.2 Å². The van der Waals surface area contributed by atoms with Crippen molar-refractivity contribution in [2.24, 2.45) is 0 Å². The molecular weight excluding hydrogens is 144 g/mol. The van der Waals surface area contributed by atoms with E-state index in [0.29, 0.717) is 19.2 Å². The van der Waals surface area contributed by atoms with Crippen LogP contribution < -0.4 is 5.32 Å². The van der Waals surface area contributed by atoms with Crippen molar-refractivity contribution in [3.8, 4) is 0 Å². The van der Waals surface area contributed by atoms with Gasteiger partial charge in [-0.15, -0.1) is 0 Å². The van der Waals surface area contributed by atoms with Crippen molar-refractivity contribution in [1.82, 2.24) is 5.32 Å². The molecule has 4 nitrogen and oxygen atoms in total. The molecular formula is C7H10N2O2. The summed E-state index contributed by atoms with van der Waals surface area (Å²) in [5.74, 6) is -0.352. The molecule has 0 saturated carbocycles. The molecule has 0 unspecified atom stereocenters. The van der Waals surface area contributed by atoms with Crippen molar-refractivity contribution in [3.63, 3.8) is 0 Å². The first-order valence-electron chi connectivity index (χ1n) is 3.46. The number of hydrogen-bond donors (Lipinski definition) is 3. The Morgan fingerprint density at radius 2 is 2.36 bits per heavy atom. The molecule has 1 fully saturated rings. The molecule has 1 aliphatic rings. The van der Waals surface area contributed by atoms with Crippen molar-refractivity contribution < 1.29 is 9.90 Å². The molecule has 0 atom stereocenters. The predicted molar refractivity (Wildman–Crippen MR) is 40.7 cm³/mol. The summed E-state index contributed by atoms with van der Waals surface area (Å²) in [5.41, 5.74) is 0.296. The molecule has 0 radical (unpaired) electrons. The van der Waals surface area contributed by atoms with Gasteiger partial charge in [-0.1, -0.05) is 0 Å². The fraction of sp³-hybridized carbons (Fsp3) is 0.429. The number of rotatable bonds is 0. The van der Waals surface area contributed by atoms with Crippen LogP contribution in [0.4, 0.5) is 0 Å². The molecule has 0 aromatic carbocycles. The lowest BCUT2D eigenvalue weighted by molar-refractivity contribution is -0.116. The minimum atomic E-state index is -0.352. The maximum Gasteiger partial charge on any atom is 0.256 e. The highest BCUT2D eigenvalue weighted by Crippen LogP contribution is 2.06. The van der Waals surface area contributed by atoms with Crippen molar-refractivity contribution in [3.05, 3.63) is 11.8 Å². The van der Waals surface area contributed by atoms with E-state index >= 15 is 0 Å². The molecule has 1 amide bonds. The Hall–Kier alpha value is -1.32. The van der Waals surface area contributed by atoms with E-state index in [-0.39, 0.29) is 17.2 Å². The third-order valence-electron chi connectivity index (χ3n) is 1.59. The summed E-state index contributed by atoms with van der Waals surface area (Å²) >= 11 is 0. The van der Waals surface area contributed by atoms with E-state index in [9.17, 15) is 4.79 Å². The van der Waals surface area contributed by atoms with Crippen LogP contribution in [0.3, 0.4) is 0 Å². The largest absolute Gasteiger partial charge is 0.515 e. The average molecular weight is 154 g/mol. The molecule has 0 spiro atoms. The fourth-order valence-corrected chi connectivity index (χ4v) is 0.971. The van der Waals surface area contributed by atoms with E-state index in [0.717, 1.165) is 6.42 Å². The van der Waals surface area contributed by atoms with Gasteiger partial charge in [-0.2, -0.15) is 0 Å². The molecule has 11 heavy (non-hydrogen) atoms. The molecule has 3 N–H and O–H groups in total. The van der Waals surface area contributed by atoms with Crippen LogP contribution in [-0.2, 0) is 4.79 Å². The van der Waals surface area contributed by atoms with Crippen molar-refractivity contribution in [2.75, 3.05) is 6.54 Å². The van der Waals surface area contributed by atoms with Crippen LogP contribution in [0.2, 0.25) is 0 Å². The Morgan fingerprint density at radius 1 is 1.64 bits per heavy atom. The number of amides is 1. The van der Waals surface area contributed by atoms with Crippen LogP contribution in [0.25, 0.3) is 0 Å². The predicted octanol–water partition coefficient (Wildman–Crippen LogP) is 0.358. The monoisotopic (exact) mass is 154 g/mol. The van der Waals surface area contributed by atoms with Crippen LogP contribution in [0.5, 0.6) is 0 Å². The molecule has 4 heteroatoms. The number of carbonyl (C=O) groups excluding carboxylic acids is 1. The zero-order valence-electron chi connectivity index (χ0n) is 6.05. The Labute approximate surface area is 64.4 Å². The van der Waals surface area contributed by atoms with E-state index in [1.165, 1.54) is 0 Å². The summed E-state index contributed by atoms with van der Waals surface area (Å²) in [5, 5.41) is 18.5. The maximum absolute atomic E-state index is 11.0. The molecule has 0 aromatic rings. The van der Waals surface area contributed by atoms with Gasteiger partial charge in [0.1, 0.15) is 0 Å². The Balaban J connectivity index is 2.84. The minimum absolute atomic E-state index is 0.0856. The summed E-state index contributed by atoms with van der Waals surface area (Å²) in [6.07, 6.45) is 2.01. The molecule has 0 aromatic heterocycles. The van der Waals surface area contributed by atoms with Gasteiger partial charge in [0.25, 0.3) is 5.91 Å². The molecule has 1 aliphatic heterocycles. The quantitative estimate of drug-likeness (QED) is 0.348. The van der Waals surface area contributed by atoms with Gasteiger partial charge < -0.3 is 15.8 Å². The number of aliphatic hydroxyl groups excluding tert-OH is 1. The highest BCUT2D eigenvalue weighted by molar-refractivity contribution is 6.20. The van der Waals surface area contributed by atoms with Crippen LogP contribution in [0.1, 0.15) is 12.8 Å². The number of carbonyl (C=O) groups is 1. The Morgan fingerprint density at radius 3 is 3.00 bits per heavy atom. The molecule has 1 saturated heterocycles. The lowest BCUT2D eigenvalue weighted by Crippen LogP contribution is -2.25. The SMILES string of the molecule is N=C1CCCNC(=O)/C1=C\O.